The molecule has 1 aromatic rings. The van der Waals surface area contributed by atoms with E-state index in [9.17, 15) is 14.5 Å². The van der Waals surface area contributed by atoms with Gasteiger partial charge in [-0.25, -0.2) is 0 Å². The molecule has 1 saturated carbocycles. The number of nitro benzene ring substituents is 1. The van der Waals surface area contributed by atoms with Gasteiger partial charge >= 0.3 is 5.69 Å². The van der Waals surface area contributed by atoms with E-state index in [1.54, 1.807) is 0 Å². The summed E-state index contributed by atoms with van der Waals surface area (Å²) < 4.78 is 18.5. The minimum atomic E-state index is -0.883. The normalized spacial score (nSPS) is 23.6. The van der Waals surface area contributed by atoms with Crippen molar-refractivity contribution < 1.29 is 14.1 Å². The first-order valence-corrected chi connectivity index (χ1v) is 4.93. The van der Waals surface area contributed by atoms with E-state index in [1.165, 1.54) is 12.1 Å². The van der Waals surface area contributed by atoms with Gasteiger partial charge in [-0.05, 0) is 25.0 Å². The van der Waals surface area contributed by atoms with Crippen molar-refractivity contribution in [2.24, 2.45) is 5.73 Å². The van der Waals surface area contributed by atoms with Crippen LogP contribution in [-0.2, 0) is 0 Å². The monoisotopic (exact) mass is 226 g/mol. The largest absolute Gasteiger partial charge is 0.483 e. The number of benzene rings is 1. The van der Waals surface area contributed by atoms with Crippen LogP contribution in [0.1, 0.15) is 12.8 Å². The third kappa shape index (κ3) is 1.96. The molecule has 16 heavy (non-hydrogen) atoms. The number of hydrogen-bond acceptors (Lipinski definition) is 4. The quantitative estimate of drug-likeness (QED) is 0.627. The summed E-state index contributed by atoms with van der Waals surface area (Å²) in [5, 5.41) is 10.7. The molecule has 2 N–H and O–H groups in total. The Hall–Kier alpha value is -1.69. The fourth-order valence-electron chi connectivity index (χ4n) is 1.65. The minimum Gasteiger partial charge on any atom is -0.483 e. The van der Waals surface area contributed by atoms with Crippen molar-refractivity contribution in [3.05, 3.63) is 34.1 Å². The van der Waals surface area contributed by atoms with Gasteiger partial charge in [0.05, 0.1) is 4.92 Å². The van der Waals surface area contributed by atoms with E-state index in [-0.39, 0.29) is 17.9 Å². The van der Waals surface area contributed by atoms with Crippen molar-refractivity contribution in [3.8, 4) is 5.75 Å². The molecule has 2 rings (SSSR count). The first-order valence-electron chi connectivity index (χ1n) is 4.93. The number of nitro groups is 1. The Morgan fingerprint density at radius 1 is 1.50 bits per heavy atom. The molecular formula is C10H11FN2O3. The number of nitrogens with two attached hydrogens (primary N) is 1. The second-order valence-electron chi connectivity index (χ2n) is 3.82. The zero-order valence-electron chi connectivity index (χ0n) is 8.43. The average molecular weight is 226 g/mol. The lowest BCUT2D eigenvalue weighted by Gasteiger charge is -2.32. The molecule has 0 aliphatic heterocycles. The summed E-state index contributed by atoms with van der Waals surface area (Å²) in [4.78, 5) is 9.88. The Bertz CT molecular complexity index is 419. The topological polar surface area (TPSA) is 78.4 Å². The summed E-state index contributed by atoms with van der Waals surface area (Å²) in [6.07, 6.45) is 1.15. The van der Waals surface area contributed by atoms with Gasteiger partial charge in [0.1, 0.15) is 6.10 Å². The van der Waals surface area contributed by atoms with Crippen LogP contribution in [0.15, 0.2) is 18.2 Å². The minimum absolute atomic E-state index is 0.0260. The standard InChI is InChI=1S/C10H11FN2O3/c11-8-2-1-3-9(10(8)13(14)15)16-7-4-6(12)5-7/h1-3,6-7H,4-5,12H2. The highest BCUT2D eigenvalue weighted by molar-refractivity contribution is 5.47. The molecule has 0 bridgehead atoms. The molecule has 0 spiro atoms. The first kappa shape index (κ1) is 10.8. The number of halogens is 1. The van der Waals surface area contributed by atoms with Crippen LogP contribution in [0.5, 0.6) is 5.75 Å². The van der Waals surface area contributed by atoms with Crippen LogP contribution in [-0.4, -0.2) is 17.1 Å². The Labute approximate surface area is 91.2 Å². The van der Waals surface area contributed by atoms with E-state index in [0.717, 1.165) is 6.07 Å². The van der Waals surface area contributed by atoms with Crippen molar-refractivity contribution >= 4 is 5.69 Å². The molecule has 1 fully saturated rings. The van der Waals surface area contributed by atoms with Gasteiger partial charge in [0.25, 0.3) is 0 Å². The fourth-order valence-corrected chi connectivity index (χ4v) is 1.65. The Morgan fingerprint density at radius 3 is 2.75 bits per heavy atom. The lowest BCUT2D eigenvalue weighted by molar-refractivity contribution is -0.388. The summed E-state index contributed by atoms with van der Waals surface area (Å²) >= 11 is 0. The highest BCUT2D eigenvalue weighted by Crippen LogP contribution is 2.33. The zero-order chi connectivity index (χ0) is 11.7. The molecule has 5 nitrogen and oxygen atoms in total. The van der Waals surface area contributed by atoms with Crippen LogP contribution in [0, 0.1) is 15.9 Å². The van der Waals surface area contributed by atoms with Crippen molar-refractivity contribution in [2.75, 3.05) is 0 Å². The SMILES string of the molecule is NC1CC(Oc2cccc(F)c2[N+](=O)[O-])C1. The third-order valence-corrected chi connectivity index (χ3v) is 2.56. The molecular weight excluding hydrogens is 215 g/mol. The molecule has 0 saturated heterocycles. The summed E-state index contributed by atoms with van der Waals surface area (Å²) in [6, 6.07) is 3.90. The van der Waals surface area contributed by atoms with Gasteiger partial charge in [-0.2, -0.15) is 4.39 Å². The number of para-hydroxylation sites is 1. The molecule has 0 atom stereocenters. The average Bonchev–Trinajstić information content (AvgIpc) is 2.14. The molecule has 0 radical (unpaired) electrons. The Kier molecular flexibility index (Phi) is 2.74. The van der Waals surface area contributed by atoms with Gasteiger partial charge < -0.3 is 10.5 Å². The number of rotatable bonds is 3. The Balaban J connectivity index is 2.19. The number of hydrogen-bond donors (Lipinski definition) is 1. The maximum Gasteiger partial charge on any atom is 0.346 e. The van der Waals surface area contributed by atoms with Crippen LogP contribution in [0.4, 0.5) is 10.1 Å². The van der Waals surface area contributed by atoms with Crippen molar-refractivity contribution in [1.29, 1.82) is 0 Å². The predicted octanol–water partition coefficient (Wildman–Crippen LogP) is 1.60. The summed E-state index contributed by atoms with van der Waals surface area (Å²) in [6.45, 7) is 0. The van der Waals surface area contributed by atoms with Crippen LogP contribution >= 0.6 is 0 Å². The molecule has 0 heterocycles. The second kappa shape index (κ2) is 4.05. The van der Waals surface area contributed by atoms with Gasteiger partial charge in [-0.15, -0.1) is 0 Å². The molecule has 86 valence electrons. The van der Waals surface area contributed by atoms with Crippen molar-refractivity contribution in [3.63, 3.8) is 0 Å². The molecule has 6 heteroatoms. The van der Waals surface area contributed by atoms with E-state index >= 15 is 0 Å². The van der Waals surface area contributed by atoms with Gasteiger partial charge in [0, 0.05) is 6.04 Å². The second-order valence-corrected chi connectivity index (χ2v) is 3.82. The highest BCUT2D eigenvalue weighted by Gasteiger charge is 2.31. The first-order chi connectivity index (χ1) is 7.58. The van der Waals surface area contributed by atoms with Crippen molar-refractivity contribution in [2.45, 2.75) is 25.0 Å². The van der Waals surface area contributed by atoms with E-state index in [0.29, 0.717) is 12.8 Å². The van der Waals surface area contributed by atoms with Gasteiger partial charge in [0.2, 0.25) is 11.6 Å². The fraction of sp³-hybridized carbons (Fsp3) is 0.400. The van der Waals surface area contributed by atoms with Gasteiger partial charge in [-0.1, -0.05) is 6.07 Å². The number of nitrogens with zero attached hydrogens (tertiary/aromatic N) is 1. The van der Waals surface area contributed by atoms with E-state index in [2.05, 4.69) is 0 Å². The smallest absolute Gasteiger partial charge is 0.346 e. The molecule has 1 aliphatic rings. The van der Waals surface area contributed by atoms with E-state index in [4.69, 9.17) is 10.5 Å². The third-order valence-electron chi connectivity index (χ3n) is 2.56. The molecule has 0 unspecified atom stereocenters. The van der Waals surface area contributed by atoms with E-state index < -0.39 is 16.4 Å². The summed E-state index contributed by atoms with van der Waals surface area (Å²) in [7, 11) is 0. The van der Waals surface area contributed by atoms with Gasteiger partial charge in [-0.3, -0.25) is 10.1 Å². The van der Waals surface area contributed by atoms with Crippen LogP contribution in [0.3, 0.4) is 0 Å². The molecule has 0 aromatic heterocycles. The molecule has 1 aliphatic carbocycles. The maximum absolute atomic E-state index is 13.2. The maximum atomic E-state index is 13.2. The zero-order valence-corrected chi connectivity index (χ0v) is 8.43. The van der Waals surface area contributed by atoms with Crippen LogP contribution < -0.4 is 10.5 Å². The van der Waals surface area contributed by atoms with Crippen LogP contribution in [0.2, 0.25) is 0 Å². The van der Waals surface area contributed by atoms with Crippen LogP contribution in [0.25, 0.3) is 0 Å². The highest BCUT2D eigenvalue weighted by atomic mass is 19.1. The van der Waals surface area contributed by atoms with Crippen molar-refractivity contribution in [1.82, 2.24) is 0 Å². The molecule has 0 amide bonds. The van der Waals surface area contributed by atoms with E-state index in [1.807, 2.05) is 0 Å². The lowest BCUT2D eigenvalue weighted by Crippen LogP contribution is -2.43. The summed E-state index contributed by atoms with van der Waals surface area (Å²) in [5.41, 5.74) is 4.95. The lowest BCUT2D eigenvalue weighted by atomic mass is 9.90. The summed E-state index contributed by atoms with van der Waals surface area (Å²) in [5.74, 6) is -0.909. The predicted molar refractivity (Wildman–Crippen MR) is 54.7 cm³/mol. The molecule has 1 aromatic carbocycles. The number of ether oxygens (including phenoxy) is 1. The Morgan fingerprint density at radius 2 is 2.19 bits per heavy atom. The van der Waals surface area contributed by atoms with Gasteiger partial charge in [0.15, 0.2) is 0 Å².